The molecule has 0 bridgehead atoms. The van der Waals surface area contributed by atoms with E-state index in [-0.39, 0.29) is 23.3 Å². The van der Waals surface area contributed by atoms with Gasteiger partial charge in [0.1, 0.15) is 0 Å². The number of nitrogens with one attached hydrogen (secondary N) is 1. The quantitative estimate of drug-likeness (QED) is 0.771. The van der Waals surface area contributed by atoms with Gasteiger partial charge in [-0.15, -0.1) is 0 Å². The topological polar surface area (TPSA) is 52.7 Å². The van der Waals surface area contributed by atoms with E-state index in [1.165, 1.54) is 18.4 Å². The normalized spacial score (nSPS) is 19.7. The summed E-state index contributed by atoms with van der Waals surface area (Å²) < 4.78 is 0. The molecule has 1 aliphatic heterocycles. The van der Waals surface area contributed by atoms with Crippen LogP contribution in [0.2, 0.25) is 0 Å². The Kier molecular flexibility index (Phi) is 7.56. The van der Waals surface area contributed by atoms with Crippen LogP contribution < -0.4 is 5.32 Å². The highest BCUT2D eigenvalue weighted by Gasteiger charge is 2.37. The summed E-state index contributed by atoms with van der Waals surface area (Å²) in [5.74, 6) is 0.735. The second kappa shape index (κ2) is 9.95. The highest BCUT2D eigenvalue weighted by molar-refractivity contribution is 5.94. The molecule has 0 spiro atoms. The van der Waals surface area contributed by atoms with E-state index in [0.29, 0.717) is 19.0 Å². The molecule has 1 heterocycles. The third kappa shape index (κ3) is 5.42. The van der Waals surface area contributed by atoms with E-state index in [4.69, 9.17) is 0 Å². The van der Waals surface area contributed by atoms with Gasteiger partial charge in [-0.05, 0) is 48.3 Å². The molecule has 1 aromatic carbocycles. The molecule has 166 valence electrons. The van der Waals surface area contributed by atoms with Gasteiger partial charge in [0.2, 0.25) is 5.91 Å². The van der Waals surface area contributed by atoms with Crippen molar-refractivity contribution in [1.82, 2.24) is 15.1 Å². The highest BCUT2D eigenvalue weighted by atomic mass is 16.2. The summed E-state index contributed by atoms with van der Waals surface area (Å²) in [5.41, 5.74) is 2.08. The molecule has 0 unspecified atom stereocenters. The molecule has 1 atom stereocenters. The van der Waals surface area contributed by atoms with E-state index >= 15 is 0 Å². The summed E-state index contributed by atoms with van der Waals surface area (Å²) >= 11 is 0. The van der Waals surface area contributed by atoms with Crippen LogP contribution in [0.4, 0.5) is 0 Å². The van der Waals surface area contributed by atoms with Crippen molar-refractivity contribution in [3.63, 3.8) is 0 Å². The molecule has 1 aromatic rings. The first-order chi connectivity index (χ1) is 14.3. The molecule has 0 radical (unpaired) electrons. The lowest BCUT2D eigenvalue weighted by atomic mass is 9.86. The van der Waals surface area contributed by atoms with Crippen molar-refractivity contribution in [2.45, 2.75) is 71.3 Å². The summed E-state index contributed by atoms with van der Waals surface area (Å²) in [6.45, 7) is 12.3. The van der Waals surface area contributed by atoms with Crippen LogP contribution in [0.1, 0.15) is 75.7 Å². The average molecular weight is 414 g/mol. The predicted octanol–water partition coefficient (Wildman–Crippen LogP) is 3.83. The van der Waals surface area contributed by atoms with Crippen LogP contribution in [-0.2, 0) is 10.2 Å². The molecule has 3 rings (SSSR count). The molecular formula is C25H39N3O2. The van der Waals surface area contributed by atoms with Crippen LogP contribution in [0.25, 0.3) is 0 Å². The van der Waals surface area contributed by atoms with Crippen molar-refractivity contribution >= 4 is 11.8 Å². The number of nitrogens with zero attached hydrogens (tertiary/aromatic N) is 2. The minimum atomic E-state index is -0.0395. The van der Waals surface area contributed by atoms with Crippen LogP contribution in [0, 0.1) is 5.92 Å². The molecule has 2 aliphatic rings. The SMILES string of the molecule is CCCNC(=O)[C@@H](C1CCCC1)N1CCN(C(=O)c2ccc(C(C)(C)C)cc2)CC1. The molecule has 1 saturated heterocycles. The van der Waals surface area contributed by atoms with E-state index in [1.54, 1.807) is 0 Å². The summed E-state index contributed by atoms with van der Waals surface area (Å²) in [6, 6.07) is 8.00. The lowest BCUT2D eigenvalue weighted by Crippen LogP contribution is -2.58. The summed E-state index contributed by atoms with van der Waals surface area (Å²) in [4.78, 5) is 30.2. The van der Waals surface area contributed by atoms with Gasteiger partial charge >= 0.3 is 0 Å². The Morgan fingerprint density at radius 1 is 1.03 bits per heavy atom. The summed E-state index contributed by atoms with van der Waals surface area (Å²) in [7, 11) is 0. The smallest absolute Gasteiger partial charge is 0.253 e. The molecule has 2 amide bonds. The molecule has 5 nitrogen and oxygen atoms in total. The second-order valence-corrected chi connectivity index (χ2v) is 9.94. The largest absolute Gasteiger partial charge is 0.355 e. The monoisotopic (exact) mass is 413 g/mol. The highest BCUT2D eigenvalue weighted by Crippen LogP contribution is 2.31. The Hall–Kier alpha value is -1.88. The van der Waals surface area contributed by atoms with E-state index in [9.17, 15) is 9.59 Å². The number of benzene rings is 1. The molecule has 5 heteroatoms. The van der Waals surface area contributed by atoms with E-state index in [1.807, 2.05) is 17.0 Å². The van der Waals surface area contributed by atoms with Gasteiger partial charge in [-0.1, -0.05) is 52.7 Å². The number of carbonyl (C=O) groups is 2. The Labute approximate surface area is 182 Å². The van der Waals surface area contributed by atoms with Crippen molar-refractivity contribution in [3.05, 3.63) is 35.4 Å². The summed E-state index contributed by atoms with van der Waals surface area (Å²) in [6.07, 6.45) is 5.70. The van der Waals surface area contributed by atoms with Crippen LogP contribution in [-0.4, -0.2) is 60.4 Å². The molecule has 1 saturated carbocycles. The lowest BCUT2D eigenvalue weighted by molar-refractivity contribution is -0.129. The van der Waals surface area contributed by atoms with Gasteiger partial charge in [0.05, 0.1) is 6.04 Å². The zero-order valence-corrected chi connectivity index (χ0v) is 19.2. The zero-order valence-electron chi connectivity index (χ0n) is 19.2. The van der Waals surface area contributed by atoms with Crippen molar-refractivity contribution < 1.29 is 9.59 Å². The third-order valence-electron chi connectivity index (χ3n) is 6.66. The predicted molar refractivity (Wildman–Crippen MR) is 122 cm³/mol. The fourth-order valence-corrected chi connectivity index (χ4v) is 4.80. The van der Waals surface area contributed by atoms with Gasteiger partial charge in [0, 0.05) is 38.3 Å². The maximum absolute atomic E-state index is 13.0. The minimum absolute atomic E-state index is 0.0395. The number of hydrogen-bond acceptors (Lipinski definition) is 3. The van der Waals surface area contributed by atoms with E-state index < -0.39 is 0 Å². The molecule has 1 aliphatic carbocycles. The number of rotatable bonds is 6. The van der Waals surface area contributed by atoms with E-state index in [2.05, 4.69) is 50.0 Å². The lowest BCUT2D eigenvalue weighted by Gasteiger charge is -2.40. The zero-order chi connectivity index (χ0) is 21.7. The first-order valence-corrected chi connectivity index (χ1v) is 11.7. The fraction of sp³-hybridized carbons (Fsp3) is 0.680. The Balaban J connectivity index is 1.61. The van der Waals surface area contributed by atoms with Gasteiger partial charge < -0.3 is 10.2 Å². The number of piperazine rings is 1. The molecule has 2 fully saturated rings. The second-order valence-electron chi connectivity index (χ2n) is 9.94. The van der Waals surface area contributed by atoms with Gasteiger partial charge in [-0.25, -0.2) is 0 Å². The van der Waals surface area contributed by atoms with Crippen molar-refractivity contribution in [2.24, 2.45) is 5.92 Å². The van der Waals surface area contributed by atoms with Crippen LogP contribution in [0.5, 0.6) is 0 Å². The van der Waals surface area contributed by atoms with Gasteiger partial charge in [0.25, 0.3) is 5.91 Å². The summed E-state index contributed by atoms with van der Waals surface area (Å²) in [5, 5.41) is 3.12. The maximum Gasteiger partial charge on any atom is 0.253 e. The van der Waals surface area contributed by atoms with Gasteiger partial charge in [-0.2, -0.15) is 0 Å². The Morgan fingerprint density at radius 3 is 2.17 bits per heavy atom. The fourth-order valence-electron chi connectivity index (χ4n) is 4.80. The number of amides is 2. The molecular weight excluding hydrogens is 374 g/mol. The van der Waals surface area contributed by atoms with E-state index in [0.717, 1.165) is 44.5 Å². The van der Waals surface area contributed by atoms with Crippen molar-refractivity contribution in [2.75, 3.05) is 32.7 Å². The molecule has 1 N–H and O–H groups in total. The maximum atomic E-state index is 13.0. The first-order valence-electron chi connectivity index (χ1n) is 11.7. The third-order valence-corrected chi connectivity index (χ3v) is 6.66. The van der Waals surface area contributed by atoms with Crippen molar-refractivity contribution in [1.29, 1.82) is 0 Å². The Bertz CT molecular complexity index is 709. The van der Waals surface area contributed by atoms with Gasteiger partial charge in [0.15, 0.2) is 0 Å². The molecule has 0 aromatic heterocycles. The standard InChI is InChI=1S/C25H39N3O2/c1-5-14-26-23(29)22(19-8-6-7-9-19)27-15-17-28(18-16-27)24(30)20-10-12-21(13-11-20)25(2,3)4/h10-13,19,22H,5-9,14-18H2,1-4H3,(H,26,29)/t22-/m1/s1. The molecule has 30 heavy (non-hydrogen) atoms. The van der Waals surface area contributed by atoms with Crippen LogP contribution in [0.15, 0.2) is 24.3 Å². The Morgan fingerprint density at radius 2 is 1.63 bits per heavy atom. The number of carbonyl (C=O) groups excluding carboxylic acids is 2. The number of hydrogen-bond donors (Lipinski definition) is 1. The average Bonchev–Trinajstić information content (AvgIpc) is 3.26. The first kappa shape index (κ1) is 22.8. The van der Waals surface area contributed by atoms with Crippen LogP contribution >= 0.6 is 0 Å². The van der Waals surface area contributed by atoms with Gasteiger partial charge in [-0.3, -0.25) is 14.5 Å². The van der Waals surface area contributed by atoms with Crippen LogP contribution in [0.3, 0.4) is 0 Å². The van der Waals surface area contributed by atoms with Crippen molar-refractivity contribution in [3.8, 4) is 0 Å². The minimum Gasteiger partial charge on any atom is -0.355 e.